The van der Waals surface area contributed by atoms with Gasteiger partial charge in [0.05, 0.1) is 0 Å². The van der Waals surface area contributed by atoms with Crippen molar-refractivity contribution in [2.75, 3.05) is 26.2 Å². The van der Waals surface area contributed by atoms with Crippen LogP contribution in [-0.4, -0.2) is 31.1 Å². The summed E-state index contributed by atoms with van der Waals surface area (Å²) in [6.07, 6.45) is 2.47. The molecule has 0 aromatic carbocycles. The van der Waals surface area contributed by atoms with Gasteiger partial charge in [0.2, 0.25) is 0 Å². The van der Waals surface area contributed by atoms with Gasteiger partial charge >= 0.3 is 0 Å². The average molecular weight is 303 g/mol. The summed E-state index contributed by atoms with van der Waals surface area (Å²) in [7, 11) is 0. The first-order chi connectivity index (χ1) is 7.81. The molecule has 1 atom stereocenters. The van der Waals surface area contributed by atoms with E-state index in [1.807, 2.05) is 11.3 Å². The SMILES string of the molecule is CCC(c1cc(Br)cs1)N1CCCNCC1. The molecule has 2 rings (SSSR count). The number of nitrogens with one attached hydrogen (secondary N) is 1. The minimum Gasteiger partial charge on any atom is -0.315 e. The van der Waals surface area contributed by atoms with Crippen LogP contribution in [0.5, 0.6) is 0 Å². The van der Waals surface area contributed by atoms with E-state index >= 15 is 0 Å². The predicted octanol–water partition coefficient (Wildman–Crippen LogP) is 3.26. The first kappa shape index (κ1) is 12.6. The largest absolute Gasteiger partial charge is 0.315 e. The lowest BCUT2D eigenvalue weighted by atomic mass is 10.1. The van der Waals surface area contributed by atoms with Crippen molar-refractivity contribution in [3.63, 3.8) is 0 Å². The Morgan fingerprint density at radius 3 is 3.06 bits per heavy atom. The Labute approximate surface area is 110 Å². The van der Waals surface area contributed by atoms with Gasteiger partial charge in [0, 0.05) is 40.4 Å². The number of rotatable bonds is 3. The molecule has 0 aliphatic carbocycles. The third kappa shape index (κ3) is 3.06. The van der Waals surface area contributed by atoms with Gasteiger partial charge < -0.3 is 5.32 Å². The standard InChI is InChI=1S/C12H19BrN2S/c1-2-11(12-8-10(13)9-16-12)15-6-3-4-14-5-7-15/h8-9,11,14H,2-7H2,1H3. The van der Waals surface area contributed by atoms with Crippen LogP contribution in [0.1, 0.15) is 30.7 Å². The number of halogens is 1. The highest BCUT2D eigenvalue weighted by atomic mass is 79.9. The van der Waals surface area contributed by atoms with E-state index in [0.29, 0.717) is 6.04 Å². The molecule has 2 nitrogen and oxygen atoms in total. The summed E-state index contributed by atoms with van der Waals surface area (Å²) < 4.78 is 1.22. The highest BCUT2D eigenvalue weighted by Crippen LogP contribution is 2.31. The lowest BCUT2D eigenvalue weighted by molar-refractivity contribution is 0.208. The van der Waals surface area contributed by atoms with Crippen molar-refractivity contribution in [2.24, 2.45) is 0 Å². The lowest BCUT2D eigenvalue weighted by Crippen LogP contribution is -2.31. The maximum Gasteiger partial charge on any atom is 0.0439 e. The Morgan fingerprint density at radius 2 is 2.38 bits per heavy atom. The summed E-state index contributed by atoms with van der Waals surface area (Å²) in [4.78, 5) is 4.12. The van der Waals surface area contributed by atoms with E-state index in [2.05, 4.69) is 44.5 Å². The molecule has 1 saturated heterocycles. The molecule has 1 aliphatic rings. The number of thiophene rings is 1. The maximum absolute atomic E-state index is 3.55. The van der Waals surface area contributed by atoms with Crippen molar-refractivity contribution < 1.29 is 0 Å². The Hall–Kier alpha value is 0.1000. The number of nitrogens with zero attached hydrogens (tertiary/aromatic N) is 1. The average Bonchev–Trinajstić information content (AvgIpc) is 2.55. The van der Waals surface area contributed by atoms with Crippen molar-refractivity contribution in [1.82, 2.24) is 10.2 Å². The fourth-order valence-corrected chi connectivity index (χ4v) is 3.98. The summed E-state index contributed by atoms with van der Waals surface area (Å²) in [5.74, 6) is 0. The summed E-state index contributed by atoms with van der Waals surface area (Å²) in [6, 6.07) is 2.88. The zero-order valence-electron chi connectivity index (χ0n) is 9.71. The molecule has 1 aromatic heterocycles. The van der Waals surface area contributed by atoms with Gasteiger partial charge in [-0.05, 0) is 41.4 Å². The van der Waals surface area contributed by atoms with Crippen molar-refractivity contribution in [2.45, 2.75) is 25.8 Å². The smallest absolute Gasteiger partial charge is 0.0439 e. The van der Waals surface area contributed by atoms with Crippen LogP contribution in [0.2, 0.25) is 0 Å². The number of hydrogen-bond donors (Lipinski definition) is 1. The molecule has 4 heteroatoms. The Kier molecular flexibility index (Phi) is 4.82. The van der Waals surface area contributed by atoms with Crippen molar-refractivity contribution in [3.8, 4) is 0 Å². The molecule has 0 amide bonds. The van der Waals surface area contributed by atoms with Crippen LogP contribution in [0, 0.1) is 0 Å². The zero-order valence-corrected chi connectivity index (χ0v) is 12.1. The molecule has 1 aliphatic heterocycles. The second-order valence-corrected chi connectivity index (χ2v) is 6.09. The molecule has 0 bridgehead atoms. The minimum absolute atomic E-state index is 0.608. The van der Waals surface area contributed by atoms with Gasteiger partial charge in [-0.1, -0.05) is 6.92 Å². The molecule has 16 heavy (non-hydrogen) atoms. The van der Waals surface area contributed by atoms with Gasteiger partial charge in [-0.25, -0.2) is 0 Å². The summed E-state index contributed by atoms with van der Waals surface area (Å²) in [5, 5.41) is 5.65. The van der Waals surface area contributed by atoms with Crippen molar-refractivity contribution in [1.29, 1.82) is 0 Å². The topological polar surface area (TPSA) is 15.3 Å². The Morgan fingerprint density at radius 1 is 1.50 bits per heavy atom. The van der Waals surface area contributed by atoms with Gasteiger partial charge in [0.25, 0.3) is 0 Å². The Bertz CT molecular complexity index is 319. The highest BCUT2D eigenvalue weighted by Gasteiger charge is 2.20. The fourth-order valence-electron chi connectivity index (χ4n) is 2.32. The second kappa shape index (κ2) is 6.15. The molecule has 0 radical (unpaired) electrons. The van der Waals surface area contributed by atoms with Gasteiger partial charge in [-0.15, -0.1) is 11.3 Å². The van der Waals surface area contributed by atoms with Gasteiger partial charge in [-0.3, -0.25) is 4.90 Å². The fraction of sp³-hybridized carbons (Fsp3) is 0.667. The maximum atomic E-state index is 3.55. The molecule has 1 fully saturated rings. The molecule has 0 spiro atoms. The molecule has 1 unspecified atom stereocenters. The molecule has 2 heterocycles. The van der Waals surface area contributed by atoms with Gasteiger partial charge in [-0.2, -0.15) is 0 Å². The summed E-state index contributed by atoms with van der Waals surface area (Å²) in [6.45, 7) is 6.98. The predicted molar refractivity (Wildman–Crippen MR) is 74.1 cm³/mol. The van der Waals surface area contributed by atoms with Crippen LogP contribution in [0.4, 0.5) is 0 Å². The van der Waals surface area contributed by atoms with Gasteiger partial charge in [0.1, 0.15) is 0 Å². The molecule has 0 saturated carbocycles. The first-order valence-electron chi connectivity index (χ1n) is 6.00. The highest BCUT2D eigenvalue weighted by molar-refractivity contribution is 9.10. The monoisotopic (exact) mass is 302 g/mol. The van der Waals surface area contributed by atoms with Crippen molar-refractivity contribution in [3.05, 3.63) is 20.8 Å². The van der Waals surface area contributed by atoms with Crippen LogP contribution < -0.4 is 5.32 Å². The Balaban J connectivity index is 2.08. The van der Waals surface area contributed by atoms with Crippen LogP contribution in [-0.2, 0) is 0 Å². The van der Waals surface area contributed by atoms with E-state index in [-0.39, 0.29) is 0 Å². The van der Waals surface area contributed by atoms with Crippen LogP contribution >= 0.6 is 27.3 Å². The second-order valence-electron chi connectivity index (χ2n) is 4.23. The van der Waals surface area contributed by atoms with Crippen molar-refractivity contribution >= 4 is 27.3 Å². The minimum atomic E-state index is 0.608. The van der Waals surface area contributed by atoms with E-state index in [4.69, 9.17) is 0 Å². The summed E-state index contributed by atoms with van der Waals surface area (Å²) in [5.41, 5.74) is 0. The van der Waals surface area contributed by atoms with E-state index in [1.54, 1.807) is 0 Å². The van der Waals surface area contributed by atoms with Crippen LogP contribution in [0.15, 0.2) is 15.9 Å². The summed E-state index contributed by atoms with van der Waals surface area (Å²) >= 11 is 5.42. The van der Waals surface area contributed by atoms with Crippen LogP contribution in [0.3, 0.4) is 0 Å². The molecule has 1 aromatic rings. The third-order valence-electron chi connectivity index (χ3n) is 3.12. The quantitative estimate of drug-likeness (QED) is 0.922. The number of hydrogen-bond acceptors (Lipinski definition) is 3. The van der Waals surface area contributed by atoms with Gasteiger partial charge in [0.15, 0.2) is 0 Å². The van der Waals surface area contributed by atoms with E-state index in [0.717, 1.165) is 6.54 Å². The molecular formula is C12H19BrN2S. The molecular weight excluding hydrogens is 284 g/mol. The molecule has 1 N–H and O–H groups in total. The third-order valence-corrected chi connectivity index (χ3v) is 4.91. The van der Waals surface area contributed by atoms with Crippen LogP contribution in [0.25, 0.3) is 0 Å². The van der Waals surface area contributed by atoms with E-state index < -0.39 is 0 Å². The normalized spacial score (nSPS) is 20.6. The molecule has 90 valence electrons. The van der Waals surface area contributed by atoms with E-state index in [9.17, 15) is 0 Å². The lowest BCUT2D eigenvalue weighted by Gasteiger charge is -2.28. The van der Waals surface area contributed by atoms with E-state index in [1.165, 1.54) is 41.8 Å². The zero-order chi connectivity index (χ0) is 11.4. The first-order valence-corrected chi connectivity index (χ1v) is 7.67.